The molecule has 1 saturated heterocycles. The molecule has 3 aromatic rings. The first kappa shape index (κ1) is 16.2. The van der Waals surface area contributed by atoms with Crippen molar-refractivity contribution in [3.05, 3.63) is 65.9 Å². The highest BCUT2D eigenvalue weighted by atomic mass is 16.3. The number of para-hydroxylation sites is 1. The maximum atomic E-state index is 5.95. The van der Waals surface area contributed by atoms with Crippen LogP contribution in [0.15, 0.2) is 59.0 Å². The summed E-state index contributed by atoms with van der Waals surface area (Å²) >= 11 is 0. The molecule has 0 aliphatic carbocycles. The number of piperidine rings is 1. The maximum absolute atomic E-state index is 5.95. The smallest absolute Gasteiger partial charge is 0.134 e. The van der Waals surface area contributed by atoms with Crippen molar-refractivity contribution in [2.75, 3.05) is 18.0 Å². The van der Waals surface area contributed by atoms with Gasteiger partial charge in [0, 0.05) is 30.7 Å². The van der Waals surface area contributed by atoms with Gasteiger partial charge >= 0.3 is 0 Å². The Labute approximate surface area is 149 Å². The van der Waals surface area contributed by atoms with E-state index in [1.807, 2.05) is 18.2 Å². The minimum atomic E-state index is 0.189. The number of benzene rings is 2. The van der Waals surface area contributed by atoms with Crippen LogP contribution in [0.3, 0.4) is 0 Å². The average Bonchev–Trinajstić information content (AvgIpc) is 3.11. The molecule has 3 heteroatoms. The van der Waals surface area contributed by atoms with Gasteiger partial charge in [-0.2, -0.15) is 0 Å². The molecule has 0 saturated carbocycles. The number of hydrogen-bond donors (Lipinski definition) is 1. The Kier molecular flexibility index (Phi) is 4.75. The Morgan fingerprint density at radius 3 is 2.52 bits per heavy atom. The van der Waals surface area contributed by atoms with Crippen molar-refractivity contribution in [2.24, 2.45) is 0 Å². The van der Waals surface area contributed by atoms with E-state index in [4.69, 9.17) is 4.42 Å². The van der Waals surface area contributed by atoms with Crippen LogP contribution in [-0.4, -0.2) is 13.1 Å². The highest BCUT2D eigenvalue weighted by Gasteiger charge is 2.12. The molecule has 25 heavy (non-hydrogen) atoms. The van der Waals surface area contributed by atoms with Gasteiger partial charge in [-0.3, -0.25) is 0 Å². The van der Waals surface area contributed by atoms with Gasteiger partial charge in [0.2, 0.25) is 0 Å². The standard InChI is InChI=1S/C22H26N2O/c1-17(22-15-19-7-3-4-8-21(19)25-22)23-16-18-9-11-20(12-10-18)24-13-5-2-6-14-24/h3-4,7-12,15,17,23H,2,5-6,13-14,16H2,1H3. The van der Waals surface area contributed by atoms with E-state index in [1.165, 1.54) is 43.6 Å². The maximum Gasteiger partial charge on any atom is 0.134 e. The molecule has 0 bridgehead atoms. The van der Waals surface area contributed by atoms with Gasteiger partial charge in [-0.05, 0) is 56.0 Å². The van der Waals surface area contributed by atoms with Crippen molar-refractivity contribution in [1.29, 1.82) is 0 Å². The highest BCUT2D eigenvalue weighted by Crippen LogP contribution is 2.24. The molecule has 1 atom stereocenters. The minimum absolute atomic E-state index is 0.189. The summed E-state index contributed by atoms with van der Waals surface area (Å²) in [5, 5.41) is 4.73. The van der Waals surface area contributed by atoms with Gasteiger partial charge in [0.05, 0.1) is 6.04 Å². The lowest BCUT2D eigenvalue weighted by molar-refractivity contribution is 0.451. The molecule has 2 heterocycles. The minimum Gasteiger partial charge on any atom is -0.459 e. The summed E-state index contributed by atoms with van der Waals surface area (Å²) in [5.74, 6) is 0.992. The lowest BCUT2D eigenvalue weighted by Gasteiger charge is -2.28. The number of rotatable bonds is 5. The van der Waals surface area contributed by atoms with Crippen molar-refractivity contribution in [3.8, 4) is 0 Å². The van der Waals surface area contributed by atoms with Crippen LogP contribution in [-0.2, 0) is 6.54 Å². The molecule has 0 amide bonds. The first-order valence-electron chi connectivity index (χ1n) is 9.35. The Morgan fingerprint density at radius 1 is 1.00 bits per heavy atom. The van der Waals surface area contributed by atoms with Crippen LogP contribution in [0.1, 0.15) is 43.6 Å². The van der Waals surface area contributed by atoms with E-state index in [0.717, 1.165) is 23.3 Å². The molecule has 1 fully saturated rings. The van der Waals surface area contributed by atoms with Gasteiger partial charge in [-0.15, -0.1) is 0 Å². The van der Waals surface area contributed by atoms with Gasteiger partial charge in [0.25, 0.3) is 0 Å². The normalized spacial score (nSPS) is 16.3. The molecule has 3 nitrogen and oxygen atoms in total. The molecule has 1 aromatic heterocycles. The second-order valence-electron chi connectivity index (χ2n) is 7.00. The second kappa shape index (κ2) is 7.32. The molecular weight excluding hydrogens is 308 g/mol. The van der Waals surface area contributed by atoms with Gasteiger partial charge in [0.15, 0.2) is 0 Å². The van der Waals surface area contributed by atoms with Crippen molar-refractivity contribution < 1.29 is 4.42 Å². The predicted octanol–water partition coefficient (Wildman–Crippen LogP) is 5.27. The molecule has 0 spiro atoms. The molecule has 1 aliphatic heterocycles. The topological polar surface area (TPSA) is 28.4 Å². The summed E-state index contributed by atoms with van der Waals surface area (Å²) in [5.41, 5.74) is 3.62. The third-order valence-electron chi connectivity index (χ3n) is 5.14. The van der Waals surface area contributed by atoms with Crippen molar-refractivity contribution >= 4 is 16.7 Å². The molecule has 4 rings (SSSR count). The first-order valence-corrected chi connectivity index (χ1v) is 9.35. The fourth-order valence-corrected chi connectivity index (χ4v) is 3.56. The Balaban J connectivity index is 1.37. The van der Waals surface area contributed by atoms with Gasteiger partial charge in [-0.1, -0.05) is 30.3 Å². The Morgan fingerprint density at radius 2 is 1.76 bits per heavy atom. The quantitative estimate of drug-likeness (QED) is 0.688. The number of furan rings is 1. The van der Waals surface area contributed by atoms with E-state index >= 15 is 0 Å². The number of nitrogens with zero attached hydrogens (tertiary/aromatic N) is 1. The monoisotopic (exact) mass is 334 g/mol. The van der Waals surface area contributed by atoms with Crippen LogP contribution >= 0.6 is 0 Å². The lowest BCUT2D eigenvalue weighted by atomic mass is 10.1. The third-order valence-corrected chi connectivity index (χ3v) is 5.14. The molecule has 130 valence electrons. The third kappa shape index (κ3) is 3.72. The van der Waals surface area contributed by atoms with E-state index in [0.29, 0.717) is 0 Å². The van der Waals surface area contributed by atoms with Crippen LogP contribution in [0.4, 0.5) is 5.69 Å². The Bertz CT molecular complexity index is 782. The fourth-order valence-electron chi connectivity index (χ4n) is 3.56. The van der Waals surface area contributed by atoms with Crippen LogP contribution in [0.25, 0.3) is 11.0 Å². The van der Waals surface area contributed by atoms with E-state index in [1.54, 1.807) is 0 Å². The molecule has 1 aliphatic rings. The molecule has 0 radical (unpaired) electrons. The van der Waals surface area contributed by atoms with Crippen molar-refractivity contribution in [3.63, 3.8) is 0 Å². The molecule has 2 aromatic carbocycles. The SMILES string of the molecule is CC(NCc1ccc(N2CCCCC2)cc1)c1cc2ccccc2o1. The summed E-state index contributed by atoms with van der Waals surface area (Å²) in [6, 6.07) is 19.5. The average molecular weight is 334 g/mol. The summed E-state index contributed by atoms with van der Waals surface area (Å²) in [6.45, 7) is 5.39. The van der Waals surface area contributed by atoms with Crippen LogP contribution < -0.4 is 10.2 Å². The zero-order valence-electron chi connectivity index (χ0n) is 14.9. The highest BCUT2D eigenvalue weighted by molar-refractivity contribution is 5.77. The first-order chi connectivity index (χ1) is 12.3. The summed E-state index contributed by atoms with van der Waals surface area (Å²) < 4.78 is 5.95. The van der Waals surface area contributed by atoms with Crippen LogP contribution in [0, 0.1) is 0 Å². The number of anilines is 1. The number of fused-ring (bicyclic) bond motifs is 1. The van der Waals surface area contributed by atoms with Gasteiger partial charge < -0.3 is 14.6 Å². The largest absolute Gasteiger partial charge is 0.459 e. The van der Waals surface area contributed by atoms with Crippen molar-refractivity contribution in [1.82, 2.24) is 5.32 Å². The summed E-state index contributed by atoms with van der Waals surface area (Å²) in [4.78, 5) is 2.50. The van der Waals surface area contributed by atoms with Crippen molar-refractivity contribution in [2.45, 2.75) is 38.8 Å². The lowest BCUT2D eigenvalue weighted by Crippen LogP contribution is -2.29. The zero-order chi connectivity index (χ0) is 17.1. The van der Waals surface area contributed by atoms with E-state index in [2.05, 4.69) is 53.5 Å². The molecule has 1 N–H and O–H groups in total. The summed E-state index contributed by atoms with van der Waals surface area (Å²) in [7, 11) is 0. The zero-order valence-corrected chi connectivity index (χ0v) is 14.9. The Hall–Kier alpha value is -2.26. The van der Waals surface area contributed by atoms with Crippen LogP contribution in [0.2, 0.25) is 0 Å². The number of nitrogens with one attached hydrogen (secondary N) is 1. The predicted molar refractivity (Wildman–Crippen MR) is 104 cm³/mol. The van der Waals surface area contributed by atoms with Crippen LogP contribution in [0.5, 0.6) is 0 Å². The number of hydrogen-bond acceptors (Lipinski definition) is 3. The molecule has 1 unspecified atom stereocenters. The van der Waals surface area contributed by atoms with E-state index < -0.39 is 0 Å². The second-order valence-corrected chi connectivity index (χ2v) is 7.00. The molecular formula is C22H26N2O. The van der Waals surface area contributed by atoms with E-state index in [-0.39, 0.29) is 6.04 Å². The van der Waals surface area contributed by atoms with Gasteiger partial charge in [-0.25, -0.2) is 0 Å². The van der Waals surface area contributed by atoms with Gasteiger partial charge in [0.1, 0.15) is 11.3 Å². The van der Waals surface area contributed by atoms with E-state index in [9.17, 15) is 0 Å². The fraction of sp³-hybridized carbons (Fsp3) is 0.364. The summed E-state index contributed by atoms with van der Waals surface area (Å²) in [6.07, 6.45) is 4.01.